The fourth-order valence-corrected chi connectivity index (χ4v) is 4.34. The number of aromatic nitrogens is 3. The number of rotatable bonds is 6. The van der Waals surface area contributed by atoms with Gasteiger partial charge >= 0.3 is 0 Å². The van der Waals surface area contributed by atoms with Gasteiger partial charge in [0.2, 0.25) is 11.1 Å². The fraction of sp³-hybridized carbons (Fsp3) is 0.348. The number of benzene rings is 2. The monoisotopic (exact) mass is 436 g/mol. The number of hydrogen-bond acceptors (Lipinski definition) is 6. The lowest BCUT2D eigenvalue weighted by Crippen LogP contribution is -2.23. The van der Waals surface area contributed by atoms with Crippen molar-refractivity contribution in [2.75, 3.05) is 34.9 Å². The van der Waals surface area contributed by atoms with Crippen LogP contribution < -0.4 is 16.1 Å². The zero-order valence-corrected chi connectivity index (χ0v) is 18.6. The minimum atomic E-state index is -0.104. The lowest BCUT2D eigenvalue weighted by atomic mass is 10.1. The van der Waals surface area contributed by atoms with E-state index in [0.717, 1.165) is 29.9 Å². The third kappa shape index (κ3) is 5.38. The highest BCUT2D eigenvalue weighted by Gasteiger charge is 2.14. The Labute approximate surface area is 187 Å². The number of nitrogens with two attached hydrogens (primary N) is 1. The Morgan fingerprint density at radius 3 is 2.35 bits per heavy atom. The average Bonchev–Trinajstić information content (AvgIpc) is 2.97. The van der Waals surface area contributed by atoms with Crippen LogP contribution in [0.3, 0.4) is 0 Å². The molecule has 7 nitrogen and oxygen atoms in total. The van der Waals surface area contributed by atoms with E-state index >= 15 is 0 Å². The van der Waals surface area contributed by atoms with Crippen molar-refractivity contribution in [3.05, 3.63) is 54.1 Å². The van der Waals surface area contributed by atoms with E-state index in [1.807, 2.05) is 43.3 Å². The van der Waals surface area contributed by atoms with Crippen LogP contribution >= 0.6 is 11.8 Å². The zero-order chi connectivity index (χ0) is 21.6. The van der Waals surface area contributed by atoms with Crippen molar-refractivity contribution in [3.8, 4) is 11.4 Å². The number of nitrogens with one attached hydrogen (secondary N) is 1. The third-order valence-electron chi connectivity index (χ3n) is 5.43. The van der Waals surface area contributed by atoms with Crippen molar-refractivity contribution in [3.63, 3.8) is 0 Å². The van der Waals surface area contributed by atoms with E-state index in [2.05, 4.69) is 32.5 Å². The molecule has 3 N–H and O–H groups in total. The maximum atomic E-state index is 12.4. The molecule has 1 aromatic heterocycles. The summed E-state index contributed by atoms with van der Waals surface area (Å²) in [4.78, 5) is 14.8. The molecule has 1 amide bonds. The number of aryl methyl sites for hydroxylation is 1. The van der Waals surface area contributed by atoms with Gasteiger partial charge in [-0.05, 0) is 44.0 Å². The number of carbonyl (C=O) groups excluding carboxylic acids is 1. The van der Waals surface area contributed by atoms with Gasteiger partial charge in [0.15, 0.2) is 5.82 Å². The molecule has 1 aliphatic heterocycles. The Balaban J connectivity index is 1.32. The predicted molar refractivity (Wildman–Crippen MR) is 127 cm³/mol. The van der Waals surface area contributed by atoms with Gasteiger partial charge in [0.05, 0.1) is 5.75 Å². The molecule has 162 valence electrons. The fourth-order valence-electron chi connectivity index (χ4n) is 3.69. The summed E-state index contributed by atoms with van der Waals surface area (Å²) < 4.78 is 1.43. The maximum Gasteiger partial charge on any atom is 0.234 e. The van der Waals surface area contributed by atoms with Crippen molar-refractivity contribution < 1.29 is 4.79 Å². The normalized spacial score (nSPS) is 14.3. The van der Waals surface area contributed by atoms with Crippen LogP contribution in [-0.2, 0) is 4.79 Å². The van der Waals surface area contributed by atoms with Crippen LogP contribution in [-0.4, -0.2) is 39.6 Å². The van der Waals surface area contributed by atoms with Gasteiger partial charge in [0.25, 0.3) is 0 Å². The molecule has 1 fully saturated rings. The molecule has 8 heteroatoms. The van der Waals surface area contributed by atoms with Crippen LogP contribution in [0.4, 0.5) is 11.4 Å². The Morgan fingerprint density at radius 1 is 1.00 bits per heavy atom. The van der Waals surface area contributed by atoms with E-state index in [-0.39, 0.29) is 11.7 Å². The topological polar surface area (TPSA) is 89.1 Å². The standard InChI is InChI=1S/C23H28N6OS/c1-17-6-8-18(9-7-17)22-26-27-23(29(22)24)31-16-21(30)25-19-10-12-20(13-11-19)28-14-4-2-3-5-15-28/h6-13H,2-5,14-16,24H2,1H3,(H,25,30). The second kappa shape index (κ2) is 9.87. The molecule has 0 unspecified atom stereocenters. The largest absolute Gasteiger partial charge is 0.372 e. The number of thioether (sulfide) groups is 1. The number of carbonyl (C=O) groups is 1. The van der Waals surface area contributed by atoms with Crippen molar-refractivity contribution in [2.45, 2.75) is 37.8 Å². The third-order valence-corrected chi connectivity index (χ3v) is 6.37. The zero-order valence-electron chi connectivity index (χ0n) is 17.8. The number of hydrogen-bond donors (Lipinski definition) is 2. The Morgan fingerprint density at radius 2 is 1.68 bits per heavy atom. The van der Waals surface area contributed by atoms with Crippen LogP contribution in [0, 0.1) is 6.92 Å². The summed E-state index contributed by atoms with van der Waals surface area (Å²) in [7, 11) is 0. The van der Waals surface area contributed by atoms with E-state index in [1.165, 1.54) is 47.8 Å². The minimum Gasteiger partial charge on any atom is -0.372 e. The first-order valence-electron chi connectivity index (χ1n) is 10.7. The van der Waals surface area contributed by atoms with Crippen molar-refractivity contribution in [1.29, 1.82) is 0 Å². The number of nitrogen functional groups attached to an aromatic ring is 1. The summed E-state index contributed by atoms with van der Waals surface area (Å²) in [6, 6.07) is 16.0. The van der Waals surface area contributed by atoms with E-state index in [0.29, 0.717) is 11.0 Å². The van der Waals surface area contributed by atoms with E-state index < -0.39 is 0 Å². The number of nitrogens with zero attached hydrogens (tertiary/aromatic N) is 4. The van der Waals surface area contributed by atoms with Gasteiger partial charge in [-0.25, -0.2) is 4.68 Å². The first-order valence-corrected chi connectivity index (χ1v) is 11.6. The summed E-state index contributed by atoms with van der Waals surface area (Å²) in [6.45, 7) is 4.23. The highest BCUT2D eigenvalue weighted by atomic mass is 32.2. The van der Waals surface area contributed by atoms with Crippen LogP contribution in [0.5, 0.6) is 0 Å². The summed E-state index contributed by atoms with van der Waals surface area (Å²) in [5.74, 6) is 6.82. The second-order valence-electron chi connectivity index (χ2n) is 7.83. The molecule has 1 aliphatic rings. The van der Waals surface area contributed by atoms with E-state index in [9.17, 15) is 4.79 Å². The number of amides is 1. The first-order chi connectivity index (χ1) is 15.1. The summed E-state index contributed by atoms with van der Waals surface area (Å²) in [5, 5.41) is 11.7. The van der Waals surface area contributed by atoms with Crippen LogP contribution in [0.1, 0.15) is 31.2 Å². The quantitative estimate of drug-likeness (QED) is 0.447. The molecular weight excluding hydrogens is 408 g/mol. The minimum absolute atomic E-state index is 0.104. The summed E-state index contributed by atoms with van der Waals surface area (Å²) in [5.41, 5.74) is 4.06. The van der Waals surface area contributed by atoms with Crippen LogP contribution in [0.25, 0.3) is 11.4 Å². The van der Waals surface area contributed by atoms with Gasteiger partial charge in [0, 0.05) is 30.0 Å². The van der Waals surface area contributed by atoms with Gasteiger partial charge in [-0.1, -0.05) is 54.4 Å². The van der Waals surface area contributed by atoms with Crippen molar-refractivity contribution in [2.24, 2.45) is 0 Å². The molecule has 0 spiro atoms. The summed E-state index contributed by atoms with van der Waals surface area (Å²) in [6.07, 6.45) is 5.11. The molecule has 0 bridgehead atoms. The van der Waals surface area contributed by atoms with Crippen molar-refractivity contribution >= 4 is 29.0 Å². The lowest BCUT2D eigenvalue weighted by molar-refractivity contribution is -0.113. The lowest BCUT2D eigenvalue weighted by Gasteiger charge is -2.22. The molecule has 0 saturated carbocycles. The molecule has 3 aromatic rings. The van der Waals surface area contributed by atoms with Gasteiger partial charge in [-0.15, -0.1) is 10.2 Å². The Kier molecular flexibility index (Phi) is 6.76. The van der Waals surface area contributed by atoms with Gasteiger partial charge < -0.3 is 16.1 Å². The van der Waals surface area contributed by atoms with Gasteiger partial charge in [0.1, 0.15) is 0 Å². The predicted octanol–water partition coefficient (Wildman–Crippen LogP) is 4.08. The second-order valence-corrected chi connectivity index (χ2v) is 8.77. The van der Waals surface area contributed by atoms with Gasteiger partial charge in [-0.3, -0.25) is 4.79 Å². The molecule has 1 saturated heterocycles. The van der Waals surface area contributed by atoms with Gasteiger partial charge in [-0.2, -0.15) is 0 Å². The molecule has 2 aromatic carbocycles. The first kappa shape index (κ1) is 21.2. The molecule has 0 radical (unpaired) electrons. The molecule has 2 heterocycles. The maximum absolute atomic E-state index is 12.4. The molecule has 31 heavy (non-hydrogen) atoms. The average molecular weight is 437 g/mol. The van der Waals surface area contributed by atoms with Crippen LogP contribution in [0.15, 0.2) is 53.7 Å². The van der Waals surface area contributed by atoms with E-state index in [1.54, 1.807) is 0 Å². The molecule has 4 rings (SSSR count). The Bertz CT molecular complexity index is 1010. The number of anilines is 2. The van der Waals surface area contributed by atoms with Crippen molar-refractivity contribution in [1.82, 2.24) is 14.9 Å². The van der Waals surface area contributed by atoms with Crippen LogP contribution in [0.2, 0.25) is 0 Å². The Hall–Kier alpha value is -3.00. The smallest absolute Gasteiger partial charge is 0.234 e. The SMILES string of the molecule is Cc1ccc(-c2nnc(SCC(=O)Nc3ccc(N4CCCCCC4)cc3)n2N)cc1. The summed E-state index contributed by atoms with van der Waals surface area (Å²) >= 11 is 1.27. The highest BCUT2D eigenvalue weighted by molar-refractivity contribution is 7.99. The van der Waals surface area contributed by atoms with E-state index in [4.69, 9.17) is 5.84 Å². The molecule has 0 aliphatic carbocycles. The molecule has 0 atom stereocenters. The molecular formula is C23H28N6OS. The highest BCUT2D eigenvalue weighted by Crippen LogP contribution is 2.24.